The lowest BCUT2D eigenvalue weighted by atomic mass is 9.95. The van der Waals surface area contributed by atoms with Crippen molar-refractivity contribution in [2.24, 2.45) is 0 Å². The van der Waals surface area contributed by atoms with E-state index in [1.165, 1.54) is 11.3 Å². The van der Waals surface area contributed by atoms with E-state index in [-0.39, 0.29) is 18.4 Å². The molecule has 188 valence electrons. The fourth-order valence-corrected chi connectivity index (χ4v) is 5.44. The van der Waals surface area contributed by atoms with Crippen LogP contribution in [-0.4, -0.2) is 30.5 Å². The summed E-state index contributed by atoms with van der Waals surface area (Å²) in [6, 6.07) is 13.4. The van der Waals surface area contributed by atoms with Crippen LogP contribution >= 0.6 is 22.9 Å². The van der Waals surface area contributed by atoms with Crippen LogP contribution in [-0.2, 0) is 22.4 Å². The Kier molecular flexibility index (Phi) is 8.28. The monoisotopic (exact) mass is 526 g/mol. The molecule has 0 fully saturated rings. The molecule has 0 spiro atoms. The van der Waals surface area contributed by atoms with Gasteiger partial charge in [0.15, 0.2) is 6.10 Å². The van der Waals surface area contributed by atoms with Gasteiger partial charge >= 0.3 is 5.97 Å². The molecule has 36 heavy (non-hydrogen) atoms. The average molecular weight is 527 g/mol. The molecule has 1 aliphatic carbocycles. The molecule has 2 N–H and O–H groups in total. The molecule has 2 aromatic carbocycles. The van der Waals surface area contributed by atoms with Gasteiger partial charge in [-0.25, -0.2) is 4.79 Å². The summed E-state index contributed by atoms with van der Waals surface area (Å²) < 4.78 is 11.0. The first kappa shape index (κ1) is 25.7. The number of esters is 1. The average Bonchev–Trinajstić information content (AvgIpc) is 3.23. The predicted octanol–water partition coefficient (Wildman–Crippen LogP) is 6.12. The van der Waals surface area contributed by atoms with Crippen molar-refractivity contribution < 1.29 is 23.9 Å². The molecule has 1 atom stereocenters. The number of fused-ring (bicyclic) bond motifs is 1. The molecule has 4 rings (SSSR count). The fourth-order valence-electron chi connectivity index (χ4n) is 3.99. The summed E-state index contributed by atoms with van der Waals surface area (Å²) in [5.41, 5.74) is 2.37. The van der Waals surface area contributed by atoms with E-state index in [0.717, 1.165) is 36.1 Å². The maximum Gasteiger partial charge on any atom is 0.341 e. The van der Waals surface area contributed by atoms with E-state index in [4.69, 9.17) is 21.1 Å². The van der Waals surface area contributed by atoms with Gasteiger partial charge in [0.2, 0.25) is 0 Å². The van der Waals surface area contributed by atoms with Gasteiger partial charge in [0, 0.05) is 10.4 Å². The van der Waals surface area contributed by atoms with Crippen LogP contribution in [0.2, 0.25) is 5.02 Å². The molecule has 0 unspecified atom stereocenters. The molecule has 0 saturated heterocycles. The van der Waals surface area contributed by atoms with Gasteiger partial charge in [-0.15, -0.1) is 11.3 Å². The lowest BCUT2D eigenvalue weighted by Crippen LogP contribution is -2.30. The van der Waals surface area contributed by atoms with E-state index in [9.17, 15) is 14.4 Å². The van der Waals surface area contributed by atoms with E-state index >= 15 is 0 Å². The molecule has 1 aromatic heterocycles. The van der Waals surface area contributed by atoms with Gasteiger partial charge in [0.05, 0.1) is 22.9 Å². The second-order valence-corrected chi connectivity index (χ2v) is 9.86. The largest absolute Gasteiger partial charge is 0.481 e. The van der Waals surface area contributed by atoms with E-state index in [2.05, 4.69) is 10.6 Å². The van der Waals surface area contributed by atoms with Gasteiger partial charge in [-0.05, 0) is 81.5 Å². The summed E-state index contributed by atoms with van der Waals surface area (Å²) in [5.74, 6) is -0.652. The van der Waals surface area contributed by atoms with Crippen LogP contribution in [0.25, 0.3) is 0 Å². The summed E-state index contributed by atoms with van der Waals surface area (Å²) in [6.07, 6.45) is 3.01. The van der Waals surface area contributed by atoms with Crippen LogP contribution < -0.4 is 15.4 Å². The predicted molar refractivity (Wildman–Crippen MR) is 141 cm³/mol. The van der Waals surface area contributed by atoms with Crippen molar-refractivity contribution in [3.63, 3.8) is 0 Å². The van der Waals surface area contributed by atoms with Crippen molar-refractivity contribution in [2.75, 3.05) is 17.2 Å². The normalized spacial score (nSPS) is 13.3. The van der Waals surface area contributed by atoms with Gasteiger partial charge in [-0.1, -0.05) is 23.7 Å². The van der Waals surface area contributed by atoms with Gasteiger partial charge < -0.3 is 20.1 Å². The molecule has 1 heterocycles. The first-order valence-corrected chi connectivity index (χ1v) is 13.0. The zero-order chi connectivity index (χ0) is 25.7. The Bertz CT molecular complexity index is 1270. The number of carbonyl (C=O) groups excluding carboxylic acids is 3. The van der Waals surface area contributed by atoms with Crippen LogP contribution in [0.1, 0.15) is 57.8 Å². The SMILES string of the molecule is CCOC(=O)c1c(NC(=O)c2ccc(O[C@@H](C)C(=O)Nc3ccccc3Cl)cc2)sc2c1CCCC2. The number of benzene rings is 2. The third-order valence-corrected chi connectivity index (χ3v) is 7.35. The molecular formula is C27H27ClN2O5S. The number of nitrogens with one attached hydrogen (secondary N) is 2. The van der Waals surface area contributed by atoms with E-state index in [0.29, 0.717) is 32.6 Å². The number of aryl methyl sites for hydroxylation is 1. The fraction of sp³-hybridized carbons (Fsp3) is 0.296. The molecule has 0 saturated carbocycles. The lowest BCUT2D eigenvalue weighted by molar-refractivity contribution is -0.122. The van der Waals surface area contributed by atoms with E-state index in [1.807, 2.05) is 0 Å². The highest BCUT2D eigenvalue weighted by molar-refractivity contribution is 7.17. The van der Waals surface area contributed by atoms with Crippen LogP contribution in [0.4, 0.5) is 10.7 Å². The third-order valence-electron chi connectivity index (χ3n) is 5.81. The van der Waals surface area contributed by atoms with Crippen LogP contribution in [0.15, 0.2) is 48.5 Å². The number of hydrogen-bond donors (Lipinski definition) is 2. The summed E-state index contributed by atoms with van der Waals surface area (Å²) >= 11 is 7.54. The van der Waals surface area contributed by atoms with Gasteiger partial charge in [0.1, 0.15) is 10.8 Å². The van der Waals surface area contributed by atoms with Crippen molar-refractivity contribution in [3.05, 3.63) is 75.1 Å². The highest BCUT2D eigenvalue weighted by Gasteiger charge is 2.27. The lowest BCUT2D eigenvalue weighted by Gasteiger charge is -2.15. The number of carbonyl (C=O) groups is 3. The Morgan fingerprint density at radius 1 is 1.03 bits per heavy atom. The summed E-state index contributed by atoms with van der Waals surface area (Å²) in [6.45, 7) is 3.66. The minimum atomic E-state index is -0.787. The molecule has 0 radical (unpaired) electrons. The minimum absolute atomic E-state index is 0.271. The standard InChI is InChI=1S/C27H27ClN2O5S/c1-3-34-27(33)23-19-8-4-7-11-22(19)36-26(23)30-25(32)17-12-14-18(15-13-17)35-16(2)24(31)29-21-10-6-5-9-20(21)28/h5-6,9-10,12-16H,3-4,7-8,11H2,1-2H3,(H,29,31)(H,30,32)/t16-/m0/s1. The quantitative estimate of drug-likeness (QED) is 0.345. The number of ether oxygens (including phenoxy) is 2. The molecule has 7 nitrogen and oxygen atoms in total. The van der Waals surface area contributed by atoms with Crippen molar-refractivity contribution >= 4 is 51.4 Å². The van der Waals surface area contributed by atoms with Crippen LogP contribution in [0.3, 0.4) is 0 Å². The zero-order valence-electron chi connectivity index (χ0n) is 20.1. The van der Waals surface area contributed by atoms with Crippen LogP contribution in [0, 0.1) is 0 Å². The Morgan fingerprint density at radius 2 is 1.75 bits per heavy atom. The second-order valence-electron chi connectivity index (χ2n) is 8.34. The van der Waals surface area contributed by atoms with Crippen LogP contribution in [0.5, 0.6) is 5.75 Å². The summed E-state index contributed by atoms with van der Waals surface area (Å²) in [4.78, 5) is 39.2. The summed E-state index contributed by atoms with van der Waals surface area (Å²) in [5, 5.41) is 6.59. The molecule has 3 aromatic rings. The Labute approximate surface area is 218 Å². The zero-order valence-corrected chi connectivity index (χ0v) is 21.6. The number of rotatable bonds is 8. The molecule has 0 bridgehead atoms. The number of hydrogen-bond acceptors (Lipinski definition) is 6. The summed E-state index contributed by atoms with van der Waals surface area (Å²) in [7, 11) is 0. The van der Waals surface area contributed by atoms with E-state index in [1.54, 1.807) is 62.4 Å². The molecule has 1 aliphatic rings. The number of halogens is 1. The molecule has 2 amide bonds. The van der Waals surface area contributed by atoms with Crippen molar-refractivity contribution in [3.8, 4) is 5.75 Å². The highest BCUT2D eigenvalue weighted by atomic mass is 35.5. The maximum atomic E-state index is 13.0. The maximum absolute atomic E-state index is 13.0. The first-order valence-electron chi connectivity index (χ1n) is 11.8. The highest BCUT2D eigenvalue weighted by Crippen LogP contribution is 2.39. The minimum Gasteiger partial charge on any atom is -0.481 e. The van der Waals surface area contributed by atoms with Crippen molar-refractivity contribution in [1.29, 1.82) is 0 Å². The Hall–Kier alpha value is -3.36. The molecule has 9 heteroatoms. The number of amides is 2. The molecule has 0 aliphatic heterocycles. The Balaban J connectivity index is 1.42. The first-order chi connectivity index (χ1) is 17.4. The molecular weight excluding hydrogens is 500 g/mol. The number of thiophene rings is 1. The van der Waals surface area contributed by atoms with Gasteiger partial charge in [-0.2, -0.15) is 0 Å². The van der Waals surface area contributed by atoms with E-state index < -0.39 is 12.1 Å². The van der Waals surface area contributed by atoms with Crippen molar-refractivity contribution in [2.45, 2.75) is 45.6 Å². The van der Waals surface area contributed by atoms with Gasteiger partial charge in [0.25, 0.3) is 11.8 Å². The number of anilines is 2. The van der Waals surface area contributed by atoms with Gasteiger partial charge in [-0.3, -0.25) is 9.59 Å². The third kappa shape index (κ3) is 5.88. The topological polar surface area (TPSA) is 93.7 Å². The smallest absolute Gasteiger partial charge is 0.341 e. The van der Waals surface area contributed by atoms with Crippen molar-refractivity contribution in [1.82, 2.24) is 0 Å². The Morgan fingerprint density at radius 3 is 2.47 bits per heavy atom. The second kappa shape index (κ2) is 11.6. The number of para-hydroxylation sites is 1.